The molecule has 1 unspecified atom stereocenters. The molecule has 1 aliphatic carbocycles. The molecule has 5 atom stereocenters. The zero-order valence-electron chi connectivity index (χ0n) is 14.4. The van der Waals surface area contributed by atoms with E-state index >= 15 is 0 Å². The number of benzene rings is 1. The van der Waals surface area contributed by atoms with Crippen molar-refractivity contribution in [3.63, 3.8) is 0 Å². The number of nitrogen functional groups attached to an aromatic ring is 1. The normalized spacial score (nSPS) is 25.9. The summed E-state index contributed by atoms with van der Waals surface area (Å²) in [5.41, 5.74) is 2.95. The Bertz CT molecular complexity index is 1000. The van der Waals surface area contributed by atoms with Gasteiger partial charge in [0.25, 0.3) is 0 Å². The van der Waals surface area contributed by atoms with Crippen LogP contribution in [-0.4, -0.2) is 47.3 Å². The first kappa shape index (κ1) is 19.0. The molecule has 148 valence electrons. The van der Waals surface area contributed by atoms with Crippen LogP contribution in [0.3, 0.4) is 0 Å². The van der Waals surface area contributed by atoms with Gasteiger partial charge in [-0.15, -0.1) is 5.10 Å². The fourth-order valence-electron chi connectivity index (χ4n) is 3.78. The van der Waals surface area contributed by atoms with E-state index in [1.807, 2.05) is 0 Å². The number of rotatable bonds is 4. The minimum Gasteiger partial charge on any atom is -0.390 e. The standard InChI is InChI=1S/C17H18ClFN6O3/c18-8-3-1-7(2-4-8)12(26)9-5-10(14(28)13(9)27)25-17-11(15(19)24-25)16(23-20)21-6-22-17/h1-4,6,9-10,12-14,26-28H,5,20H2,(H,21,22,23)/t9-,10-,12?,13-,14+/m1/s1. The van der Waals surface area contributed by atoms with Gasteiger partial charge in [-0.1, -0.05) is 23.7 Å². The number of hydrogen-bond donors (Lipinski definition) is 5. The minimum atomic E-state index is -1.28. The van der Waals surface area contributed by atoms with E-state index in [-0.39, 0.29) is 23.3 Å². The molecule has 0 bridgehead atoms. The first-order valence-electron chi connectivity index (χ1n) is 8.57. The van der Waals surface area contributed by atoms with Gasteiger partial charge in [-0.25, -0.2) is 20.5 Å². The van der Waals surface area contributed by atoms with Crippen LogP contribution in [0.5, 0.6) is 0 Å². The summed E-state index contributed by atoms with van der Waals surface area (Å²) in [4.78, 5) is 7.88. The third-order valence-electron chi connectivity index (χ3n) is 5.21. The minimum absolute atomic E-state index is 0.0200. The Labute approximate surface area is 163 Å². The predicted octanol–water partition coefficient (Wildman–Crippen LogP) is 0.921. The van der Waals surface area contributed by atoms with Crippen LogP contribution >= 0.6 is 11.6 Å². The number of nitrogens with two attached hydrogens (primary N) is 1. The topological polar surface area (TPSA) is 142 Å². The highest BCUT2D eigenvalue weighted by molar-refractivity contribution is 6.30. The lowest BCUT2D eigenvalue weighted by molar-refractivity contribution is -0.0272. The summed E-state index contributed by atoms with van der Waals surface area (Å²) in [6.07, 6.45) is -2.23. The number of hydrogen-bond acceptors (Lipinski definition) is 8. The molecular formula is C17H18ClFN6O3. The van der Waals surface area contributed by atoms with E-state index in [9.17, 15) is 19.7 Å². The van der Waals surface area contributed by atoms with Crippen molar-refractivity contribution in [1.82, 2.24) is 19.7 Å². The predicted molar refractivity (Wildman–Crippen MR) is 98.7 cm³/mol. The maximum Gasteiger partial charge on any atom is 0.245 e. The fraction of sp³-hybridized carbons (Fsp3) is 0.353. The van der Waals surface area contributed by atoms with Crippen LogP contribution in [-0.2, 0) is 0 Å². The molecule has 4 rings (SSSR count). The highest BCUT2D eigenvalue weighted by atomic mass is 35.5. The maximum atomic E-state index is 14.4. The molecular weight excluding hydrogens is 391 g/mol. The van der Waals surface area contributed by atoms with E-state index < -0.39 is 36.2 Å². The highest BCUT2D eigenvalue weighted by Crippen LogP contribution is 2.43. The Morgan fingerprint density at radius 2 is 1.93 bits per heavy atom. The van der Waals surface area contributed by atoms with E-state index in [0.29, 0.717) is 10.6 Å². The summed E-state index contributed by atoms with van der Waals surface area (Å²) >= 11 is 5.87. The Morgan fingerprint density at radius 3 is 2.61 bits per heavy atom. The Morgan fingerprint density at radius 1 is 1.21 bits per heavy atom. The molecule has 2 aromatic heterocycles. The van der Waals surface area contributed by atoms with Crippen LogP contribution in [0.1, 0.15) is 24.1 Å². The zero-order valence-corrected chi connectivity index (χ0v) is 15.2. The Hall–Kier alpha value is -2.37. The third-order valence-corrected chi connectivity index (χ3v) is 5.46. The third kappa shape index (κ3) is 2.99. The molecule has 1 aromatic carbocycles. The molecule has 1 fully saturated rings. The number of fused-ring (bicyclic) bond motifs is 1. The van der Waals surface area contributed by atoms with Gasteiger partial charge in [-0.2, -0.15) is 4.39 Å². The lowest BCUT2D eigenvalue weighted by Crippen LogP contribution is -2.31. The second kappa shape index (κ2) is 7.22. The van der Waals surface area contributed by atoms with Crippen molar-refractivity contribution in [2.45, 2.75) is 30.8 Å². The summed E-state index contributed by atoms with van der Waals surface area (Å²) < 4.78 is 15.6. The van der Waals surface area contributed by atoms with Crippen LogP contribution in [0.2, 0.25) is 5.02 Å². The molecule has 1 aliphatic rings. The number of aromatic nitrogens is 4. The van der Waals surface area contributed by atoms with Crippen LogP contribution in [0.15, 0.2) is 30.6 Å². The van der Waals surface area contributed by atoms with Crippen molar-refractivity contribution >= 4 is 28.5 Å². The summed E-state index contributed by atoms with van der Waals surface area (Å²) in [5, 5.41) is 36.1. The highest BCUT2D eigenvalue weighted by Gasteiger charge is 2.47. The molecule has 1 saturated carbocycles. The SMILES string of the molecule is NNc1ncnc2c1c(F)nn2[C@@H]1C[C@H](C(O)c2ccc(Cl)cc2)[C@@H](O)[C@H]1O. The second-order valence-corrected chi connectivity index (χ2v) is 7.18. The largest absolute Gasteiger partial charge is 0.390 e. The van der Waals surface area contributed by atoms with Crippen molar-refractivity contribution in [3.05, 3.63) is 47.1 Å². The lowest BCUT2D eigenvalue weighted by atomic mass is 9.92. The van der Waals surface area contributed by atoms with E-state index in [0.717, 1.165) is 0 Å². The molecule has 0 spiro atoms. The first-order chi connectivity index (χ1) is 13.4. The van der Waals surface area contributed by atoms with Crippen molar-refractivity contribution in [3.8, 4) is 0 Å². The fourth-order valence-corrected chi connectivity index (χ4v) is 3.90. The number of hydrazine groups is 1. The van der Waals surface area contributed by atoms with Gasteiger partial charge in [-0.05, 0) is 24.1 Å². The van der Waals surface area contributed by atoms with Gasteiger partial charge in [0.1, 0.15) is 17.8 Å². The molecule has 0 radical (unpaired) electrons. The molecule has 0 saturated heterocycles. The molecule has 3 aromatic rings. The van der Waals surface area contributed by atoms with Gasteiger partial charge < -0.3 is 20.7 Å². The average molecular weight is 409 g/mol. The second-order valence-electron chi connectivity index (χ2n) is 6.75. The smallest absolute Gasteiger partial charge is 0.245 e. The zero-order chi connectivity index (χ0) is 20.0. The van der Waals surface area contributed by atoms with Crippen molar-refractivity contribution in [2.75, 3.05) is 5.43 Å². The lowest BCUT2D eigenvalue weighted by Gasteiger charge is -2.22. The van der Waals surface area contributed by atoms with E-state index in [4.69, 9.17) is 17.4 Å². The number of nitrogens with zero attached hydrogens (tertiary/aromatic N) is 4. The van der Waals surface area contributed by atoms with Crippen LogP contribution < -0.4 is 11.3 Å². The summed E-state index contributed by atoms with van der Waals surface area (Å²) in [5.74, 6) is 3.86. The summed E-state index contributed by atoms with van der Waals surface area (Å²) in [6, 6.07) is 5.76. The van der Waals surface area contributed by atoms with E-state index in [1.165, 1.54) is 11.0 Å². The summed E-state index contributed by atoms with van der Waals surface area (Å²) in [7, 11) is 0. The van der Waals surface area contributed by atoms with Crippen molar-refractivity contribution in [1.29, 1.82) is 0 Å². The average Bonchev–Trinajstić information content (AvgIpc) is 3.19. The maximum absolute atomic E-state index is 14.4. The molecule has 9 nitrogen and oxygen atoms in total. The van der Waals surface area contributed by atoms with Crippen molar-refractivity contribution in [2.24, 2.45) is 11.8 Å². The van der Waals surface area contributed by atoms with Crippen LogP contribution in [0, 0.1) is 11.9 Å². The van der Waals surface area contributed by atoms with Gasteiger partial charge in [0.2, 0.25) is 5.95 Å². The van der Waals surface area contributed by atoms with E-state index in [1.54, 1.807) is 24.3 Å². The molecule has 0 aliphatic heterocycles. The monoisotopic (exact) mass is 408 g/mol. The van der Waals surface area contributed by atoms with Gasteiger partial charge in [0.15, 0.2) is 11.5 Å². The van der Waals surface area contributed by atoms with E-state index in [2.05, 4.69) is 20.5 Å². The molecule has 28 heavy (non-hydrogen) atoms. The quantitative estimate of drug-likeness (QED) is 0.317. The Kier molecular flexibility index (Phi) is 4.89. The number of aliphatic hydroxyl groups excluding tert-OH is 3. The molecule has 2 heterocycles. The molecule has 0 amide bonds. The van der Waals surface area contributed by atoms with Gasteiger partial charge in [0.05, 0.1) is 18.2 Å². The van der Waals surface area contributed by atoms with Crippen LogP contribution in [0.4, 0.5) is 10.2 Å². The van der Waals surface area contributed by atoms with Crippen LogP contribution in [0.25, 0.3) is 11.0 Å². The first-order valence-corrected chi connectivity index (χ1v) is 8.95. The molecule has 11 heteroatoms. The van der Waals surface area contributed by atoms with Gasteiger partial charge in [0, 0.05) is 10.9 Å². The molecule has 6 N–H and O–H groups in total. The van der Waals surface area contributed by atoms with Gasteiger partial charge in [-0.3, -0.25) is 0 Å². The summed E-state index contributed by atoms with van der Waals surface area (Å²) in [6.45, 7) is 0. The number of anilines is 1. The Balaban J connectivity index is 1.69. The number of aliphatic hydroxyl groups is 3. The van der Waals surface area contributed by atoms with Crippen molar-refractivity contribution < 1.29 is 19.7 Å². The van der Waals surface area contributed by atoms with Gasteiger partial charge >= 0.3 is 0 Å². The number of halogens is 2. The number of nitrogens with one attached hydrogen (secondary N) is 1.